The lowest BCUT2D eigenvalue weighted by molar-refractivity contribution is -0.135. The van der Waals surface area contributed by atoms with Gasteiger partial charge in [-0.05, 0) is 50.5 Å². The summed E-state index contributed by atoms with van der Waals surface area (Å²) in [5.41, 5.74) is 0. The fourth-order valence-corrected chi connectivity index (χ4v) is 4.09. The third kappa shape index (κ3) is 4.22. The summed E-state index contributed by atoms with van der Waals surface area (Å²) >= 11 is 1.74. The molecule has 5 heteroatoms. The van der Waals surface area contributed by atoms with Gasteiger partial charge in [0.25, 0.3) is 0 Å². The Morgan fingerprint density at radius 1 is 1.43 bits per heavy atom. The normalized spacial score (nSPS) is 18.3. The van der Waals surface area contributed by atoms with Crippen LogP contribution >= 0.6 is 11.3 Å². The molecular weight excluding hydrogens is 306 g/mol. The topological polar surface area (TPSA) is 38.1 Å². The first-order valence-corrected chi connectivity index (χ1v) is 9.41. The van der Waals surface area contributed by atoms with Crippen LogP contribution in [0.5, 0.6) is 0 Å². The van der Waals surface area contributed by atoms with Crippen molar-refractivity contribution in [2.75, 3.05) is 6.54 Å². The highest BCUT2D eigenvalue weighted by Gasteiger charge is 2.26. The summed E-state index contributed by atoms with van der Waals surface area (Å²) in [7, 11) is 0. The molecule has 0 unspecified atom stereocenters. The van der Waals surface area contributed by atoms with Crippen molar-refractivity contribution in [3.63, 3.8) is 0 Å². The van der Waals surface area contributed by atoms with Gasteiger partial charge in [0, 0.05) is 42.8 Å². The van der Waals surface area contributed by atoms with Crippen molar-refractivity contribution in [3.8, 4) is 0 Å². The number of piperidine rings is 1. The molecule has 0 radical (unpaired) electrons. The zero-order valence-corrected chi connectivity index (χ0v) is 14.6. The molecular formula is C18H25N3OS. The lowest BCUT2D eigenvalue weighted by Gasteiger charge is -2.36. The lowest BCUT2D eigenvalue weighted by Crippen LogP contribution is -2.44. The maximum Gasteiger partial charge on any atom is 0.223 e. The van der Waals surface area contributed by atoms with E-state index in [-0.39, 0.29) is 0 Å². The van der Waals surface area contributed by atoms with Gasteiger partial charge < -0.3 is 9.47 Å². The van der Waals surface area contributed by atoms with Crippen LogP contribution in [0, 0.1) is 6.92 Å². The standard InChI is InChI=1S/C18H25N3OS/c1-15-19-10-13-20(15)12-9-16-5-2-3-11-21(16)18(22)8-7-17-6-4-14-23-17/h4,6,10,13-14,16H,2-3,5,7-9,11-12H2,1H3/t16-/m1/s1. The molecule has 3 heterocycles. The smallest absolute Gasteiger partial charge is 0.223 e. The van der Waals surface area contributed by atoms with Gasteiger partial charge in [-0.25, -0.2) is 4.98 Å². The third-order valence-corrected chi connectivity index (χ3v) is 5.68. The van der Waals surface area contributed by atoms with E-state index >= 15 is 0 Å². The largest absolute Gasteiger partial charge is 0.340 e. The highest BCUT2D eigenvalue weighted by Crippen LogP contribution is 2.22. The Balaban J connectivity index is 1.54. The molecule has 2 aromatic rings. The molecule has 0 N–H and O–H groups in total. The Kier molecular flexibility index (Phi) is 5.49. The second kappa shape index (κ2) is 7.77. The van der Waals surface area contributed by atoms with E-state index in [1.165, 1.54) is 11.3 Å². The number of aryl methyl sites for hydroxylation is 3. The lowest BCUT2D eigenvalue weighted by atomic mass is 9.98. The monoisotopic (exact) mass is 331 g/mol. The fourth-order valence-electron chi connectivity index (χ4n) is 3.39. The first-order chi connectivity index (χ1) is 11.2. The molecule has 3 rings (SSSR count). The summed E-state index contributed by atoms with van der Waals surface area (Å²) < 4.78 is 2.18. The molecule has 0 saturated carbocycles. The maximum atomic E-state index is 12.6. The number of imidazole rings is 1. The summed E-state index contributed by atoms with van der Waals surface area (Å²) in [6.07, 6.45) is 9.94. The molecule has 1 fully saturated rings. The van der Waals surface area contributed by atoms with Crippen LogP contribution in [0.1, 0.15) is 42.8 Å². The number of likely N-dealkylation sites (tertiary alicyclic amines) is 1. The van der Waals surface area contributed by atoms with Crippen molar-refractivity contribution < 1.29 is 4.79 Å². The number of aromatic nitrogens is 2. The zero-order valence-electron chi connectivity index (χ0n) is 13.8. The number of hydrogen-bond donors (Lipinski definition) is 0. The van der Waals surface area contributed by atoms with Gasteiger partial charge in [0.15, 0.2) is 0 Å². The number of amides is 1. The predicted octanol–water partition coefficient (Wildman–Crippen LogP) is 3.66. The number of thiophene rings is 1. The number of hydrogen-bond acceptors (Lipinski definition) is 3. The number of carbonyl (C=O) groups excluding carboxylic acids is 1. The highest BCUT2D eigenvalue weighted by molar-refractivity contribution is 7.09. The van der Waals surface area contributed by atoms with Gasteiger partial charge in [-0.1, -0.05) is 6.07 Å². The van der Waals surface area contributed by atoms with Gasteiger partial charge in [-0.2, -0.15) is 0 Å². The zero-order chi connectivity index (χ0) is 16.1. The summed E-state index contributed by atoms with van der Waals surface area (Å²) in [4.78, 5) is 20.4. The SMILES string of the molecule is Cc1nccn1CC[C@H]1CCCCN1C(=O)CCc1cccs1. The van der Waals surface area contributed by atoms with E-state index in [0.717, 1.165) is 44.6 Å². The fraction of sp³-hybridized carbons (Fsp3) is 0.556. The minimum Gasteiger partial charge on any atom is -0.340 e. The van der Waals surface area contributed by atoms with Crippen LogP contribution in [0.15, 0.2) is 29.9 Å². The van der Waals surface area contributed by atoms with E-state index in [1.54, 1.807) is 11.3 Å². The molecule has 124 valence electrons. The van der Waals surface area contributed by atoms with E-state index in [1.807, 2.05) is 19.3 Å². The van der Waals surface area contributed by atoms with Crippen molar-refractivity contribution >= 4 is 17.2 Å². The van der Waals surface area contributed by atoms with Crippen LogP contribution in [0.25, 0.3) is 0 Å². The first kappa shape index (κ1) is 16.2. The Morgan fingerprint density at radius 2 is 2.35 bits per heavy atom. The quantitative estimate of drug-likeness (QED) is 0.810. The van der Waals surface area contributed by atoms with Crippen LogP contribution in [-0.4, -0.2) is 32.9 Å². The van der Waals surface area contributed by atoms with Gasteiger partial charge >= 0.3 is 0 Å². The summed E-state index contributed by atoms with van der Waals surface area (Å²) in [5.74, 6) is 1.38. The molecule has 1 aliphatic rings. The van der Waals surface area contributed by atoms with Gasteiger partial charge in [0.2, 0.25) is 5.91 Å². The van der Waals surface area contributed by atoms with Crippen molar-refractivity contribution in [2.45, 2.75) is 58.0 Å². The molecule has 0 bridgehead atoms. The summed E-state index contributed by atoms with van der Waals surface area (Å²) in [6.45, 7) is 3.91. The number of carbonyl (C=O) groups is 1. The predicted molar refractivity (Wildman–Crippen MR) is 93.6 cm³/mol. The van der Waals surface area contributed by atoms with Crippen LogP contribution in [-0.2, 0) is 17.8 Å². The van der Waals surface area contributed by atoms with E-state index in [2.05, 4.69) is 32.0 Å². The molecule has 0 aromatic carbocycles. The van der Waals surface area contributed by atoms with E-state index in [0.29, 0.717) is 18.4 Å². The minimum atomic E-state index is 0.324. The molecule has 0 aliphatic carbocycles. The van der Waals surface area contributed by atoms with Gasteiger partial charge in [-0.15, -0.1) is 11.3 Å². The Bertz CT molecular complexity index is 620. The highest BCUT2D eigenvalue weighted by atomic mass is 32.1. The maximum absolute atomic E-state index is 12.6. The molecule has 1 atom stereocenters. The summed E-state index contributed by atoms with van der Waals surface area (Å²) in [6, 6.07) is 4.57. The summed E-state index contributed by atoms with van der Waals surface area (Å²) in [5, 5.41) is 2.08. The number of rotatable bonds is 6. The Labute approximate surface area is 142 Å². The molecule has 23 heavy (non-hydrogen) atoms. The average Bonchev–Trinajstić information content (AvgIpc) is 3.22. The molecule has 1 amide bonds. The van der Waals surface area contributed by atoms with Crippen molar-refractivity contribution in [2.24, 2.45) is 0 Å². The van der Waals surface area contributed by atoms with E-state index in [4.69, 9.17) is 0 Å². The molecule has 4 nitrogen and oxygen atoms in total. The van der Waals surface area contributed by atoms with Crippen molar-refractivity contribution in [1.82, 2.24) is 14.5 Å². The van der Waals surface area contributed by atoms with Crippen LogP contribution < -0.4 is 0 Å². The van der Waals surface area contributed by atoms with Gasteiger partial charge in [0.1, 0.15) is 5.82 Å². The van der Waals surface area contributed by atoms with Crippen molar-refractivity contribution in [1.29, 1.82) is 0 Å². The Morgan fingerprint density at radius 3 is 3.09 bits per heavy atom. The minimum absolute atomic E-state index is 0.324. The van der Waals surface area contributed by atoms with Gasteiger partial charge in [-0.3, -0.25) is 4.79 Å². The molecule has 2 aromatic heterocycles. The second-order valence-electron chi connectivity index (χ2n) is 6.27. The first-order valence-electron chi connectivity index (χ1n) is 8.53. The van der Waals surface area contributed by atoms with Gasteiger partial charge in [0.05, 0.1) is 0 Å². The molecule has 1 aliphatic heterocycles. The van der Waals surface area contributed by atoms with Crippen molar-refractivity contribution in [3.05, 3.63) is 40.6 Å². The van der Waals surface area contributed by atoms with Crippen LogP contribution in [0.3, 0.4) is 0 Å². The number of nitrogens with zero attached hydrogens (tertiary/aromatic N) is 3. The molecule has 0 spiro atoms. The Hall–Kier alpha value is -1.62. The van der Waals surface area contributed by atoms with Crippen LogP contribution in [0.2, 0.25) is 0 Å². The molecule has 1 saturated heterocycles. The van der Waals surface area contributed by atoms with Crippen LogP contribution in [0.4, 0.5) is 0 Å². The van der Waals surface area contributed by atoms with E-state index in [9.17, 15) is 4.79 Å². The average molecular weight is 331 g/mol. The third-order valence-electron chi connectivity index (χ3n) is 4.74. The van der Waals surface area contributed by atoms with E-state index < -0.39 is 0 Å². The second-order valence-corrected chi connectivity index (χ2v) is 7.30.